The van der Waals surface area contributed by atoms with Crippen molar-refractivity contribution in [2.45, 2.75) is 52.6 Å². The van der Waals surface area contributed by atoms with Crippen molar-refractivity contribution in [2.24, 2.45) is 4.99 Å². The number of hydrogen-bond acceptors (Lipinski definition) is 4. The first-order valence-electron chi connectivity index (χ1n) is 9.88. The molecular weight excluding hydrogens is 481 g/mol. The Bertz CT molecular complexity index is 787. The minimum atomic E-state index is -0.0644. The molecule has 1 aromatic carbocycles. The number of nitrogens with zero attached hydrogens (tertiary/aromatic N) is 2. The maximum atomic E-state index is 12.0. The van der Waals surface area contributed by atoms with Crippen LogP contribution >= 0.6 is 24.0 Å². The lowest BCUT2D eigenvalue weighted by atomic mass is 9.99. The van der Waals surface area contributed by atoms with Gasteiger partial charge in [-0.2, -0.15) is 0 Å². The molecule has 160 valence electrons. The highest BCUT2D eigenvalue weighted by molar-refractivity contribution is 14.0. The molecule has 0 aliphatic heterocycles. The summed E-state index contributed by atoms with van der Waals surface area (Å²) in [4.78, 5) is 16.2. The Balaban J connectivity index is 0.00000420. The second-order valence-electron chi connectivity index (χ2n) is 6.57. The Morgan fingerprint density at radius 3 is 2.48 bits per heavy atom. The van der Waals surface area contributed by atoms with Crippen molar-refractivity contribution in [1.29, 1.82) is 0 Å². The predicted molar refractivity (Wildman–Crippen MR) is 127 cm³/mol. The van der Waals surface area contributed by atoms with E-state index in [1.165, 1.54) is 0 Å². The first-order valence-corrected chi connectivity index (χ1v) is 9.88. The maximum Gasteiger partial charge on any atom is 0.251 e. The largest absolute Gasteiger partial charge is 0.359 e. The lowest BCUT2D eigenvalue weighted by Crippen LogP contribution is -2.36. The topological polar surface area (TPSA) is 91.5 Å². The number of benzene rings is 1. The Morgan fingerprint density at radius 1 is 1.10 bits per heavy atom. The van der Waals surface area contributed by atoms with Gasteiger partial charge in [-0.1, -0.05) is 31.1 Å². The van der Waals surface area contributed by atoms with E-state index in [9.17, 15) is 4.79 Å². The van der Waals surface area contributed by atoms with Gasteiger partial charge in [0, 0.05) is 37.7 Å². The third-order valence-electron chi connectivity index (χ3n) is 4.62. The summed E-state index contributed by atoms with van der Waals surface area (Å²) in [6.45, 7) is 7.90. The zero-order valence-corrected chi connectivity index (χ0v) is 19.9. The third kappa shape index (κ3) is 7.68. The molecule has 0 saturated heterocycles. The van der Waals surface area contributed by atoms with Crippen LogP contribution in [0.5, 0.6) is 0 Å². The summed E-state index contributed by atoms with van der Waals surface area (Å²) in [5.74, 6) is 1.81. The second-order valence-corrected chi connectivity index (χ2v) is 6.57. The van der Waals surface area contributed by atoms with Crippen LogP contribution in [0.1, 0.15) is 66.9 Å². The van der Waals surface area contributed by atoms with Crippen molar-refractivity contribution < 1.29 is 9.32 Å². The van der Waals surface area contributed by atoms with Gasteiger partial charge in [0.25, 0.3) is 5.91 Å². The van der Waals surface area contributed by atoms with Gasteiger partial charge in [-0.05, 0) is 37.5 Å². The fourth-order valence-corrected chi connectivity index (χ4v) is 2.97. The molecular formula is C21H32IN5O2. The Kier molecular flexibility index (Phi) is 11.3. The molecule has 2 rings (SSSR count). The van der Waals surface area contributed by atoms with E-state index in [-0.39, 0.29) is 29.9 Å². The third-order valence-corrected chi connectivity index (χ3v) is 4.62. The van der Waals surface area contributed by atoms with Crippen LogP contribution in [0.4, 0.5) is 0 Å². The molecule has 29 heavy (non-hydrogen) atoms. The molecule has 0 unspecified atom stereocenters. The van der Waals surface area contributed by atoms with Gasteiger partial charge in [0.15, 0.2) is 11.7 Å². The van der Waals surface area contributed by atoms with Gasteiger partial charge < -0.3 is 20.5 Å². The average Bonchev–Trinajstić information content (AvgIpc) is 3.18. The predicted octanol–water partition coefficient (Wildman–Crippen LogP) is 3.81. The maximum absolute atomic E-state index is 12.0. The number of rotatable bonds is 9. The molecule has 7 nitrogen and oxygen atoms in total. The minimum Gasteiger partial charge on any atom is -0.359 e. The van der Waals surface area contributed by atoms with E-state index >= 15 is 0 Å². The summed E-state index contributed by atoms with van der Waals surface area (Å²) in [6.07, 6.45) is 2.10. The number of nitrogens with one attached hydrogen (secondary N) is 3. The standard InChI is InChI=1S/C21H31N5O2.HI/c1-5-16(6-2)19-12-18(28-26-19)14-25-21(22-4)24-13-15-9-8-10-17(11-15)20(27)23-7-3;/h8-12,16H,5-7,13-14H2,1-4H3,(H,23,27)(H2,22,24,25);1H. The summed E-state index contributed by atoms with van der Waals surface area (Å²) in [7, 11) is 1.72. The lowest BCUT2D eigenvalue weighted by Gasteiger charge is -2.11. The monoisotopic (exact) mass is 513 g/mol. The van der Waals surface area contributed by atoms with Gasteiger partial charge in [-0.3, -0.25) is 9.79 Å². The number of guanidine groups is 1. The Morgan fingerprint density at radius 2 is 1.83 bits per heavy atom. The van der Waals surface area contributed by atoms with Gasteiger partial charge in [0.05, 0.1) is 12.2 Å². The van der Waals surface area contributed by atoms with Crippen molar-refractivity contribution in [3.05, 3.63) is 52.9 Å². The first-order chi connectivity index (χ1) is 13.6. The smallest absolute Gasteiger partial charge is 0.251 e. The van der Waals surface area contributed by atoms with Gasteiger partial charge in [-0.25, -0.2) is 0 Å². The van der Waals surface area contributed by atoms with Crippen LogP contribution in [0.15, 0.2) is 39.8 Å². The van der Waals surface area contributed by atoms with Crippen molar-refractivity contribution in [3.63, 3.8) is 0 Å². The fraction of sp³-hybridized carbons (Fsp3) is 0.476. The molecule has 0 fully saturated rings. The molecule has 0 radical (unpaired) electrons. The Labute approximate surface area is 190 Å². The first kappa shape index (κ1) is 24.9. The second kappa shape index (κ2) is 13.2. The molecule has 0 bridgehead atoms. The van der Waals surface area contributed by atoms with Crippen molar-refractivity contribution in [3.8, 4) is 0 Å². The van der Waals surface area contributed by atoms with Crippen LogP contribution in [-0.4, -0.2) is 30.6 Å². The van der Waals surface area contributed by atoms with E-state index in [0.29, 0.717) is 37.1 Å². The summed E-state index contributed by atoms with van der Waals surface area (Å²) in [5, 5.41) is 13.5. The van der Waals surface area contributed by atoms with Crippen LogP contribution < -0.4 is 16.0 Å². The van der Waals surface area contributed by atoms with Gasteiger partial charge in [-0.15, -0.1) is 24.0 Å². The molecule has 0 spiro atoms. The van der Waals surface area contributed by atoms with Crippen LogP contribution in [-0.2, 0) is 13.1 Å². The molecule has 0 saturated carbocycles. The normalized spacial score (nSPS) is 11.1. The summed E-state index contributed by atoms with van der Waals surface area (Å²) in [5.41, 5.74) is 2.66. The Hall–Kier alpha value is -2.10. The van der Waals surface area contributed by atoms with E-state index in [2.05, 4.69) is 39.9 Å². The minimum absolute atomic E-state index is 0. The molecule has 2 aromatic rings. The number of amides is 1. The van der Waals surface area contributed by atoms with E-state index < -0.39 is 0 Å². The van der Waals surface area contributed by atoms with Crippen molar-refractivity contribution in [2.75, 3.05) is 13.6 Å². The lowest BCUT2D eigenvalue weighted by molar-refractivity contribution is 0.0955. The SMILES string of the molecule is CCNC(=O)c1cccc(CNC(=NC)NCc2cc(C(CC)CC)no2)c1.I. The number of hydrogen-bond donors (Lipinski definition) is 3. The van der Waals surface area contributed by atoms with Crippen LogP contribution in [0.25, 0.3) is 0 Å². The molecule has 3 N–H and O–H groups in total. The molecule has 1 amide bonds. The number of aliphatic imine (C=N–C) groups is 1. The van der Waals surface area contributed by atoms with E-state index in [1.807, 2.05) is 37.3 Å². The number of aromatic nitrogens is 1. The van der Waals surface area contributed by atoms with E-state index in [4.69, 9.17) is 4.52 Å². The number of carbonyl (C=O) groups is 1. The zero-order chi connectivity index (χ0) is 20.4. The highest BCUT2D eigenvalue weighted by Gasteiger charge is 2.13. The quantitative estimate of drug-likeness (QED) is 0.270. The molecule has 1 aromatic heterocycles. The van der Waals surface area contributed by atoms with Crippen molar-refractivity contribution in [1.82, 2.24) is 21.1 Å². The molecule has 0 atom stereocenters. The van der Waals surface area contributed by atoms with Crippen molar-refractivity contribution >= 4 is 35.8 Å². The van der Waals surface area contributed by atoms with Crippen LogP contribution in [0, 0.1) is 0 Å². The highest BCUT2D eigenvalue weighted by Crippen LogP contribution is 2.22. The van der Waals surface area contributed by atoms with E-state index in [0.717, 1.165) is 29.9 Å². The summed E-state index contributed by atoms with van der Waals surface area (Å²) in [6, 6.07) is 9.55. The molecule has 8 heteroatoms. The molecule has 0 aliphatic rings. The van der Waals surface area contributed by atoms with Crippen LogP contribution in [0.3, 0.4) is 0 Å². The van der Waals surface area contributed by atoms with Gasteiger partial charge >= 0.3 is 0 Å². The van der Waals surface area contributed by atoms with Gasteiger partial charge in [0.2, 0.25) is 0 Å². The molecule has 1 heterocycles. The van der Waals surface area contributed by atoms with E-state index in [1.54, 1.807) is 7.05 Å². The number of carbonyl (C=O) groups excluding carboxylic acids is 1. The average molecular weight is 513 g/mol. The van der Waals surface area contributed by atoms with Gasteiger partial charge in [0.1, 0.15) is 0 Å². The number of halogens is 1. The zero-order valence-electron chi connectivity index (χ0n) is 17.6. The van der Waals surface area contributed by atoms with Crippen LogP contribution in [0.2, 0.25) is 0 Å². The fourth-order valence-electron chi connectivity index (χ4n) is 2.97. The highest BCUT2D eigenvalue weighted by atomic mass is 127. The molecule has 0 aliphatic carbocycles. The summed E-state index contributed by atoms with van der Waals surface area (Å²) < 4.78 is 5.43. The summed E-state index contributed by atoms with van der Waals surface area (Å²) >= 11 is 0.